The van der Waals surface area contributed by atoms with Crippen molar-refractivity contribution >= 4 is 11.6 Å². The van der Waals surface area contributed by atoms with Gasteiger partial charge in [0.15, 0.2) is 0 Å². The number of carbonyl (C=O) groups is 1. The number of rotatable bonds is 4. The van der Waals surface area contributed by atoms with Gasteiger partial charge in [-0.25, -0.2) is 9.37 Å². The van der Waals surface area contributed by atoms with Crippen LogP contribution in [0.1, 0.15) is 85.5 Å². The molecular formula is C24H31FN4O2. The lowest BCUT2D eigenvalue weighted by Crippen LogP contribution is -2.31. The lowest BCUT2D eigenvalue weighted by atomic mass is 9.76. The molecule has 0 unspecified atom stereocenters. The van der Waals surface area contributed by atoms with Crippen LogP contribution in [-0.4, -0.2) is 33.1 Å². The van der Waals surface area contributed by atoms with Crippen LogP contribution in [0.3, 0.4) is 0 Å². The van der Waals surface area contributed by atoms with Gasteiger partial charge in [-0.1, -0.05) is 6.92 Å². The maximum atomic E-state index is 14.4. The Labute approximate surface area is 182 Å². The van der Waals surface area contributed by atoms with Gasteiger partial charge in [0.25, 0.3) is 5.91 Å². The molecule has 0 saturated heterocycles. The summed E-state index contributed by atoms with van der Waals surface area (Å²) >= 11 is 0. The monoisotopic (exact) mass is 426 g/mol. The predicted molar refractivity (Wildman–Crippen MR) is 117 cm³/mol. The highest BCUT2D eigenvalue weighted by atomic mass is 19.1. The fourth-order valence-electron chi connectivity index (χ4n) is 5.18. The number of nitrogens with one attached hydrogen (secondary N) is 1. The van der Waals surface area contributed by atoms with Crippen molar-refractivity contribution in [3.8, 4) is 0 Å². The standard InChI is InChI=1S/C24H31FN4O2/c1-14-10-16(12-17(26)11-14)19-8-9-27-13-22(19)29-24(31)21-7-6-20(25)23(28-21)15-2-4-18(30)5-3-15/h6-9,13-18,30H,2-5,10-12,26H2,1H3,(H,29,31)/t14-,15?,16+,17-,18?/m0/s1. The van der Waals surface area contributed by atoms with E-state index in [1.54, 1.807) is 12.4 Å². The van der Waals surface area contributed by atoms with Crippen LogP contribution in [0.15, 0.2) is 30.6 Å². The van der Waals surface area contributed by atoms with Crippen molar-refractivity contribution in [2.45, 2.75) is 75.9 Å². The third-order valence-electron chi connectivity index (χ3n) is 6.71. The maximum Gasteiger partial charge on any atom is 0.274 e. The molecule has 0 spiro atoms. The maximum absolute atomic E-state index is 14.4. The predicted octanol–water partition coefficient (Wildman–Crippen LogP) is 4.12. The van der Waals surface area contributed by atoms with Crippen molar-refractivity contribution in [2.75, 3.05) is 5.32 Å². The highest BCUT2D eigenvalue weighted by Crippen LogP contribution is 2.38. The van der Waals surface area contributed by atoms with Gasteiger partial charge in [-0.15, -0.1) is 0 Å². The van der Waals surface area contributed by atoms with Gasteiger partial charge >= 0.3 is 0 Å². The molecule has 2 saturated carbocycles. The Hall–Kier alpha value is -2.38. The molecule has 7 heteroatoms. The Kier molecular flexibility index (Phi) is 6.62. The zero-order chi connectivity index (χ0) is 22.0. The number of carbonyl (C=O) groups excluding carboxylic acids is 1. The van der Waals surface area contributed by atoms with Gasteiger partial charge in [-0.2, -0.15) is 0 Å². The summed E-state index contributed by atoms with van der Waals surface area (Å²) in [6, 6.07) is 4.83. The minimum absolute atomic E-state index is 0.0738. The number of halogens is 1. The highest BCUT2D eigenvalue weighted by molar-refractivity contribution is 6.03. The van der Waals surface area contributed by atoms with Crippen molar-refractivity contribution in [1.82, 2.24) is 9.97 Å². The minimum atomic E-state index is -0.398. The van der Waals surface area contributed by atoms with Crippen LogP contribution in [0.4, 0.5) is 10.1 Å². The topological polar surface area (TPSA) is 101 Å². The van der Waals surface area contributed by atoms with E-state index in [-0.39, 0.29) is 35.6 Å². The van der Waals surface area contributed by atoms with Crippen LogP contribution in [0.2, 0.25) is 0 Å². The first-order valence-electron chi connectivity index (χ1n) is 11.3. The molecule has 0 radical (unpaired) electrons. The fourth-order valence-corrected chi connectivity index (χ4v) is 5.18. The van der Waals surface area contributed by atoms with Crippen LogP contribution in [0.5, 0.6) is 0 Å². The van der Waals surface area contributed by atoms with E-state index in [4.69, 9.17) is 5.73 Å². The summed E-state index contributed by atoms with van der Waals surface area (Å²) in [5, 5.41) is 12.7. The second-order valence-corrected chi connectivity index (χ2v) is 9.26. The van der Waals surface area contributed by atoms with Gasteiger partial charge in [-0.3, -0.25) is 9.78 Å². The zero-order valence-electron chi connectivity index (χ0n) is 17.9. The highest BCUT2D eigenvalue weighted by Gasteiger charge is 2.28. The van der Waals surface area contributed by atoms with E-state index in [0.717, 1.165) is 24.8 Å². The molecule has 0 aromatic carbocycles. The van der Waals surface area contributed by atoms with Gasteiger partial charge in [0, 0.05) is 18.2 Å². The summed E-state index contributed by atoms with van der Waals surface area (Å²) < 4.78 is 14.4. The van der Waals surface area contributed by atoms with Crippen LogP contribution in [-0.2, 0) is 0 Å². The quantitative estimate of drug-likeness (QED) is 0.683. The molecule has 31 heavy (non-hydrogen) atoms. The summed E-state index contributed by atoms with van der Waals surface area (Å²) in [6.07, 6.45) is 8.58. The normalized spacial score (nSPS) is 28.8. The molecule has 2 aromatic heterocycles. The summed E-state index contributed by atoms with van der Waals surface area (Å²) in [7, 11) is 0. The third kappa shape index (κ3) is 5.10. The van der Waals surface area contributed by atoms with Gasteiger partial charge in [0.05, 0.1) is 23.7 Å². The number of hydrogen-bond acceptors (Lipinski definition) is 5. The van der Waals surface area contributed by atoms with Crippen molar-refractivity contribution in [3.05, 3.63) is 53.4 Å². The smallest absolute Gasteiger partial charge is 0.274 e. The number of nitrogens with zero attached hydrogens (tertiary/aromatic N) is 2. The largest absolute Gasteiger partial charge is 0.393 e. The third-order valence-corrected chi connectivity index (χ3v) is 6.71. The second kappa shape index (κ2) is 9.40. The molecule has 2 aromatic rings. The average Bonchev–Trinajstić information content (AvgIpc) is 2.74. The first-order valence-corrected chi connectivity index (χ1v) is 11.3. The fraction of sp³-hybridized carbons (Fsp3) is 0.542. The molecule has 4 rings (SSSR count). The van der Waals surface area contributed by atoms with Gasteiger partial charge < -0.3 is 16.2 Å². The van der Waals surface area contributed by atoms with E-state index in [9.17, 15) is 14.3 Å². The van der Waals surface area contributed by atoms with E-state index < -0.39 is 5.82 Å². The molecule has 166 valence electrons. The van der Waals surface area contributed by atoms with E-state index >= 15 is 0 Å². The SMILES string of the molecule is C[C@@H]1C[C@H](N)C[C@H](c2ccncc2NC(=O)c2ccc(F)c(C3CCC(O)CC3)n2)C1. The Morgan fingerprint density at radius 2 is 1.90 bits per heavy atom. The summed E-state index contributed by atoms with van der Waals surface area (Å²) in [6.45, 7) is 2.21. The number of anilines is 1. The number of nitrogens with two attached hydrogens (primary N) is 1. The van der Waals surface area contributed by atoms with E-state index in [1.165, 1.54) is 12.1 Å². The number of aliphatic hydroxyl groups excluding tert-OH is 1. The van der Waals surface area contributed by atoms with E-state index in [2.05, 4.69) is 22.2 Å². The summed E-state index contributed by atoms with van der Waals surface area (Å²) in [4.78, 5) is 21.5. The number of hydrogen-bond donors (Lipinski definition) is 3. The second-order valence-electron chi connectivity index (χ2n) is 9.26. The lowest BCUT2D eigenvalue weighted by molar-refractivity contribution is 0.102. The van der Waals surface area contributed by atoms with Gasteiger partial charge in [-0.05, 0) is 80.5 Å². The molecule has 2 fully saturated rings. The van der Waals surface area contributed by atoms with Crippen molar-refractivity contribution in [1.29, 1.82) is 0 Å². The molecule has 2 aliphatic rings. The van der Waals surface area contributed by atoms with E-state index in [1.807, 2.05) is 6.07 Å². The first kappa shape index (κ1) is 21.8. The number of aromatic nitrogens is 2. The molecule has 3 atom stereocenters. The lowest BCUT2D eigenvalue weighted by Gasteiger charge is -2.32. The first-order chi connectivity index (χ1) is 14.9. The Morgan fingerprint density at radius 3 is 2.65 bits per heavy atom. The van der Waals surface area contributed by atoms with Crippen molar-refractivity contribution < 1.29 is 14.3 Å². The molecule has 6 nitrogen and oxygen atoms in total. The van der Waals surface area contributed by atoms with Gasteiger partial charge in [0.2, 0.25) is 0 Å². The molecule has 1 amide bonds. The molecule has 2 heterocycles. The minimum Gasteiger partial charge on any atom is -0.393 e. The Balaban J connectivity index is 1.53. The number of amides is 1. The van der Waals surface area contributed by atoms with Crippen molar-refractivity contribution in [2.24, 2.45) is 11.7 Å². The zero-order valence-corrected chi connectivity index (χ0v) is 17.9. The van der Waals surface area contributed by atoms with Crippen molar-refractivity contribution in [3.63, 3.8) is 0 Å². The molecule has 0 bridgehead atoms. The molecule has 2 aliphatic carbocycles. The molecular weight excluding hydrogens is 395 g/mol. The Morgan fingerprint density at radius 1 is 1.13 bits per heavy atom. The van der Waals surface area contributed by atoms with Crippen LogP contribution in [0.25, 0.3) is 0 Å². The number of pyridine rings is 2. The van der Waals surface area contributed by atoms with E-state index in [0.29, 0.717) is 43.0 Å². The average molecular weight is 427 g/mol. The van der Waals surface area contributed by atoms with Crippen LogP contribution < -0.4 is 11.1 Å². The summed E-state index contributed by atoms with van der Waals surface area (Å²) in [5.41, 5.74) is 8.44. The summed E-state index contributed by atoms with van der Waals surface area (Å²) in [5.74, 6) is -0.0525. The van der Waals surface area contributed by atoms with Crippen LogP contribution in [0, 0.1) is 11.7 Å². The molecule has 0 aliphatic heterocycles. The van der Waals surface area contributed by atoms with Crippen LogP contribution >= 0.6 is 0 Å². The number of aliphatic hydroxyl groups is 1. The Bertz CT molecular complexity index is 920. The molecule has 4 N–H and O–H groups in total. The van der Waals surface area contributed by atoms with Gasteiger partial charge in [0.1, 0.15) is 11.5 Å².